The van der Waals surface area contributed by atoms with E-state index in [9.17, 15) is 9.59 Å². The molecule has 2 aliphatic heterocycles. The molecule has 7 nitrogen and oxygen atoms in total. The lowest BCUT2D eigenvalue weighted by Crippen LogP contribution is -2.62. The monoisotopic (exact) mass is 347 g/mol. The Kier molecular flexibility index (Phi) is 5.24. The summed E-state index contributed by atoms with van der Waals surface area (Å²) in [7, 11) is 0. The van der Waals surface area contributed by atoms with Crippen molar-refractivity contribution < 1.29 is 19.1 Å². The summed E-state index contributed by atoms with van der Waals surface area (Å²) in [5.74, 6) is -0.0840. The predicted octanol–water partition coefficient (Wildman–Crippen LogP) is 1.24. The van der Waals surface area contributed by atoms with Crippen molar-refractivity contribution in [2.45, 2.75) is 25.5 Å². The second kappa shape index (κ2) is 7.41. The Morgan fingerprint density at radius 2 is 2.00 bits per heavy atom. The van der Waals surface area contributed by atoms with Crippen LogP contribution in [0.2, 0.25) is 0 Å². The van der Waals surface area contributed by atoms with Crippen molar-refractivity contribution in [2.24, 2.45) is 0 Å². The number of urea groups is 1. The van der Waals surface area contributed by atoms with Crippen molar-refractivity contribution >= 4 is 17.6 Å². The van der Waals surface area contributed by atoms with Gasteiger partial charge in [-0.05, 0) is 26.0 Å². The molecule has 1 aromatic carbocycles. The predicted molar refractivity (Wildman–Crippen MR) is 93.5 cm³/mol. The number of hydrogen-bond donors (Lipinski definition) is 1. The molecule has 2 fully saturated rings. The van der Waals surface area contributed by atoms with Gasteiger partial charge in [-0.15, -0.1) is 0 Å². The summed E-state index contributed by atoms with van der Waals surface area (Å²) in [6.45, 7) is 5.90. The summed E-state index contributed by atoms with van der Waals surface area (Å²) in [5, 5.41) is 2.91. The smallest absolute Gasteiger partial charge is 0.317 e. The van der Waals surface area contributed by atoms with Crippen molar-refractivity contribution in [2.75, 3.05) is 44.4 Å². The lowest BCUT2D eigenvalue weighted by atomic mass is 10.0. The zero-order valence-corrected chi connectivity index (χ0v) is 14.7. The molecule has 0 bridgehead atoms. The van der Waals surface area contributed by atoms with Gasteiger partial charge in [0.2, 0.25) is 0 Å². The van der Waals surface area contributed by atoms with Crippen molar-refractivity contribution in [3.05, 3.63) is 30.3 Å². The highest BCUT2D eigenvalue weighted by Crippen LogP contribution is 2.27. The van der Waals surface area contributed by atoms with E-state index >= 15 is 0 Å². The SMILES string of the molecule is CC(C)NC(=O)N1CCOCC2(C1)CN(c1ccccc1)C(=O)CO2. The molecule has 1 aromatic rings. The Labute approximate surface area is 147 Å². The number of nitrogens with one attached hydrogen (secondary N) is 1. The molecule has 3 rings (SSSR count). The second-order valence-electron chi connectivity index (χ2n) is 6.87. The van der Waals surface area contributed by atoms with Gasteiger partial charge >= 0.3 is 6.03 Å². The fourth-order valence-corrected chi connectivity index (χ4v) is 3.16. The van der Waals surface area contributed by atoms with Crippen LogP contribution in [0.15, 0.2) is 30.3 Å². The van der Waals surface area contributed by atoms with E-state index in [0.717, 1.165) is 5.69 Å². The highest BCUT2D eigenvalue weighted by Gasteiger charge is 2.44. The highest BCUT2D eigenvalue weighted by molar-refractivity contribution is 5.95. The first-order valence-electron chi connectivity index (χ1n) is 8.62. The Morgan fingerprint density at radius 1 is 1.24 bits per heavy atom. The van der Waals surface area contributed by atoms with Crippen molar-refractivity contribution in [1.29, 1.82) is 0 Å². The van der Waals surface area contributed by atoms with E-state index in [1.54, 1.807) is 9.80 Å². The van der Waals surface area contributed by atoms with E-state index in [1.807, 2.05) is 44.2 Å². The van der Waals surface area contributed by atoms with Crippen LogP contribution >= 0.6 is 0 Å². The van der Waals surface area contributed by atoms with Gasteiger partial charge in [-0.3, -0.25) is 4.79 Å². The van der Waals surface area contributed by atoms with Crippen LogP contribution in [-0.2, 0) is 14.3 Å². The van der Waals surface area contributed by atoms with Gasteiger partial charge in [-0.25, -0.2) is 4.79 Å². The number of nitrogens with zero attached hydrogens (tertiary/aromatic N) is 2. The average Bonchev–Trinajstić information content (AvgIpc) is 2.80. The molecule has 3 amide bonds. The molecule has 1 spiro atoms. The molecule has 25 heavy (non-hydrogen) atoms. The quantitative estimate of drug-likeness (QED) is 0.874. The second-order valence-corrected chi connectivity index (χ2v) is 6.87. The van der Waals surface area contributed by atoms with E-state index in [0.29, 0.717) is 32.8 Å². The molecule has 1 N–H and O–H groups in total. The first-order valence-corrected chi connectivity index (χ1v) is 8.62. The fraction of sp³-hybridized carbons (Fsp3) is 0.556. The lowest BCUT2D eigenvalue weighted by Gasteiger charge is -2.43. The standard InChI is InChI=1S/C18H25N3O4/c1-14(2)19-17(23)20-8-9-24-13-18(11-20)12-21(16(22)10-25-18)15-6-4-3-5-7-15/h3-7,14H,8-13H2,1-2H3,(H,19,23). The molecule has 2 aliphatic rings. The van der Waals surface area contributed by atoms with Crippen LogP contribution in [0.4, 0.5) is 10.5 Å². The number of anilines is 1. The van der Waals surface area contributed by atoms with Crippen LogP contribution in [0.3, 0.4) is 0 Å². The van der Waals surface area contributed by atoms with Crippen LogP contribution in [0.25, 0.3) is 0 Å². The van der Waals surface area contributed by atoms with Crippen molar-refractivity contribution in [1.82, 2.24) is 10.2 Å². The Balaban J connectivity index is 1.79. The van der Waals surface area contributed by atoms with Crippen LogP contribution in [0.1, 0.15) is 13.8 Å². The maximum atomic E-state index is 12.4. The number of rotatable bonds is 2. The van der Waals surface area contributed by atoms with Gasteiger partial charge in [-0.1, -0.05) is 18.2 Å². The molecule has 1 atom stereocenters. The van der Waals surface area contributed by atoms with Gasteiger partial charge in [0, 0.05) is 18.3 Å². The van der Waals surface area contributed by atoms with Crippen molar-refractivity contribution in [3.63, 3.8) is 0 Å². The van der Waals surface area contributed by atoms with Crippen LogP contribution in [0, 0.1) is 0 Å². The molecule has 1 unspecified atom stereocenters. The molecule has 0 aromatic heterocycles. The first kappa shape index (κ1) is 17.7. The molecule has 2 heterocycles. The number of hydrogen-bond acceptors (Lipinski definition) is 4. The van der Waals surface area contributed by atoms with E-state index < -0.39 is 5.60 Å². The van der Waals surface area contributed by atoms with Crippen LogP contribution in [-0.4, -0.2) is 67.9 Å². The summed E-state index contributed by atoms with van der Waals surface area (Å²) in [5.41, 5.74) is 0.117. The summed E-state index contributed by atoms with van der Waals surface area (Å²) < 4.78 is 11.6. The summed E-state index contributed by atoms with van der Waals surface area (Å²) in [6.07, 6.45) is 0. The number of benzene rings is 1. The molecular weight excluding hydrogens is 322 g/mol. The molecular formula is C18H25N3O4. The van der Waals surface area contributed by atoms with Gasteiger partial charge in [0.25, 0.3) is 5.91 Å². The normalized spacial score (nSPS) is 24.5. The van der Waals surface area contributed by atoms with Gasteiger partial charge in [0.1, 0.15) is 12.2 Å². The van der Waals surface area contributed by atoms with Gasteiger partial charge in [-0.2, -0.15) is 0 Å². The molecule has 136 valence electrons. The zero-order valence-electron chi connectivity index (χ0n) is 14.7. The fourth-order valence-electron chi connectivity index (χ4n) is 3.16. The van der Waals surface area contributed by atoms with Crippen LogP contribution < -0.4 is 10.2 Å². The van der Waals surface area contributed by atoms with E-state index in [4.69, 9.17) is 9.47 Å². The number of carbonyl (C=O) groups excluding carboxylic acids is 2. The largest absolute Gasteiger partial charge is 0.376 e. The number of carbonyl (C=O) groups is 2. The summed E-state index contributed by atoms with van der Waals surface area (Å²) in [4.78, 5) is 28.2. The van der Waals surface area contributed by atoms with E-state index in [-0.39, 0.29) is 24.6 Å². The van der Waals surface area contributed by atoms with Gasteiger partial charge in [0.05, 0.1) is 26.3 Å². The minimum atomic E-state index is -0.714. The molecule has 2 saturated heterocycles. The van der Waals surface area contributed by atoms with Gasteiger partial charge in [0.15, 0.2) is 0 Å². The maximum Gasteiger partial charge on any atom is 0.317 e. The highest BCUT2D eigenvalue weighted by atomic mass is 16.6. The Bertz CT molecular complexity index is 622. The number of morpholine rings is 1. The lowest BCUT2D eigenvalue weighted by molar-refractivity contribution is -0.145. The zero-order chi connectivity index (χ0) is 17.9. The maximum absolute atomic E-state index is 12.4. The summed E-state index contributed by atoms with van der Waals surface area (Å²) in [6, 6.07) is 9.44. The third kappa shape index (κ3) is 4.11. The minimum Gasteiger partial charge on any atom is -0.376 e. The molecule has 0 saturated carbocycles. The molecule has 0 aliphatic carbocycles. The first-order chi connectivity index (χ1) is 12.0. The number of ether oxygens (including phenoxy) is 2. The Morgan fingerprint density at radius 3 is 2.72 bits per heavy atom. The Hall–Kier alpha value is -2.12. The number of amides is 3. The third-order valence-corrected chi connectivity index (χ3v) is 4.37. The van der Waals surface area contributed by atoms with E-state index in [1.165, 1.54) is 0 Å². The topological polar surface area (TPSA) is 71.1 Å². The van der Waals surface area contributed by atoms with Crippen molar-refractivity contribution in [3.8, 4) is 0 Å². The van der Waals surface area contributed by atoms with Gasteiger partial charge < -0.3 is 24.6 Å². The molecule has 7 heteroatoms. The third-order valence-electron chi connectivity index (χ3n) is 4.37. The van der Waals surface area contributed by atoms with Crippen LogP contribution in [0.5, 0.6) is 0 Å². The number of para-hydroxylation sites is 1. The molecule has 0 radical (unpaired) electrons. The average molecular weight is 347 g/mol. The summed E-state index contributed by atoms with van der Waals surface area (Å²) >= 11 is 0. The van der Waals surface area contributed by atoms with E-state index in [2.05, 4.69) is 5.32 Å². The minimum absolute atomic E-state index is 0.0160.